The van der Waals surface area contributed by atoms with Crippen molar-refractivity contribution in [2.45, 2.75) is 45.2 Å². The number of anilines is 1. The van der Waals surface area contributed by atoms with Crippen LogP contribution in [0.2, 0.25) is 0 Å². The Kier molecular flexibility index (Phi) is 5.31. The normalized spacial score (nSPS) is 20.2. The summed E-state index contributed by atoms with van der Waals surface area (Å²) in [5.41, 5.74) is 7.72. The highest BCUT2D eigenvalue weighted by atomic mass is 32.2. The largest absolute Gasteiger partial charge is 0.334 e. The Balaban J connectivity index is 2.30. The maximum absolute atomic E-state index is 12.8. The highest BCUT2D eigenvalue weighted by Gasteiger charge is 2.30. The molecular weight excluding hydrogens is 314 g/mol. The lowest BCUT2D eigenvalue weighted by atomic mass is 9.96. The van der Waals surface area contributed by atoms with Crippen LogP contribution in [0.25, 0.3) is 0 Å². The molecule has 2 atom stereocenters. The van der Waals surface area contributed by atoms with Crippen LogP contribution < -0.4 is 10.5 Å². The fourth-order valence-electron chi connectivity index (χ4n) is 2.99. The molecule has 0 aromatic heterocycles. The number of carbonyl (C=O) groups excluding carboxylic acids is 1. The fraction of sp³-hybridized carbons (Fsp3) is 0.562. The fourth-order valence-corrected chi connectivity index (χ4v) is 3.61. The molecule has 7 heteroatoms. The van der Waals surface area contributed by atoms with E-state index in [1.54, 1.807) is 25.1 Å². The summed E-state index contributed by atoms with van der Waals surface area (Å²) in [6.07, 6.45) is 4.04. The molecule has 2 unspecified atom stereocenters. The quantitative estimate of drug-likeness (QED) is 0.873. The van der Waals surface area contributed by atoms with Crippen molar-refractivity contribution in [1.29, 1.82) is 0 Å². The van der Waals surface area contributed by atoms with Crippen LogP contribution in [0.1, 0.15) is 42.1 Å². The molecule has 1 heterocycles. The second kappa shape index (κ2) is 6.88. The molecule has 1 aromatic carbocycles. The summed E-state index contributed by atoms with van der Waals surface area (Å²) < 4.78 is 25.4. The minimum Gasteiger partial charge on any atom is -0.334 e. The molecule has 1 aliphatic heterocycles. The molecule has 0 aliphatic carbocycles. The third-order valence-corrected chi connectivity index (χ3v) is 4.79. The molecule has 0 spiro atoms. The van der Waals surface area contributed by atoms with Crippen LogP contribution in [0.4, 0.5) is 5.69 Å². The number of nitrogens with one attached hydrogen (secondary N) is 1. The summed E-state index contributed by atoms with van der Waals surface area (Å²) in [5.74, 6) is -0.0939. The number of hydrogen-bond donors (Lipinski definition) is 2. The number of rotatable bonds is 4. The van der Waals surface area contributed by atoms with Crippen LogP contribution in [0.3, 0.4) is 0 Å². The van der Waals surface area contributed by atoms with E-state index in [2.05, 4.69) is 4.72 Å². The number of carbonyl (C=O) groups is 1. The molecule has 6 nitrogen and oxygen atoms in total. The highest BCUT2D eigenvalue weighted by Crippen LogP contribution is 2.24. The predicted molar refractivity (Wildman–Crippen MR) is 92.0 cm³/mol. The first-order valence-corrected chi connectivity index (χ1v) is 9.73. The van der Waals surface area contributed by atoms with Gasteiger partial charge < -0.3 is 10.6 Å². The number of nitrogens with zero attached hydrogens (tertiary/aromatic N) is 1. The topological polar surface area (TPSA) is 92.5 Å². The van der Waals surface area contributed by atoms with Gasteiger partial charge in [-0.05, 0) is 50.8 Å². The number of aryl methyl sites for hydroxylation is 1. The Labute approximate surface area is 138 Å². The summed E-state index contributed by atoms with van der Waals surface area (Å²) in [6.45, 7) is 4.41. The monoisotopic (exact) mass is 339 g/mol. The number of hydrogen-bond acceptors (Lipinski definition) is 4. The van der Waals surface area contributed by atoms with Gasteiger partial charge in [-0.2, -0.15) is 0 Å². The first kappa shape index (κ1) is 17.7. The molecule has 128 valence electrons. The molecule has 2 rings (SSSR count). The average Bonchev–Trinajstić information content (AvgIpc) is 2.47. The Morgan fingerprint density at radius 1 is 1.39 bits per heavy atom. The van der Waals surface area contributed by atoms with E-state index in [4.69, 9.17) is 5.73 Å². The minimum atomic E-state index is -3.39. The summed E-state index contributed by atoms with van der Waals surface area (Å²) >= 11 is 0. The van der Waals surface area contributed by atoms with Crippen molar-refractivity contribution in [1.82, 2.24) is 4.90 Å². The number of benzene rings is 1. The molecule has 1 aromatic rings. The molecule has 1 aliphatic rings. The van der Waals surface area contributed by atoms with Crippen molar-refractivity contribution < 1.29 is 13.2 Å². The number of likely N-dealkylation sites (tertiary alicyclic amines) is 1. The smallest absolute Gasteiger partial charge is 0.254 e. The molecule has 1 fully saturated rings. The van der Waals surface area contributed by atoms with Gasteiger partial charge in [0.25, 0.3) is 5.91 Å². The van der Waals surface area contributed by atoms with Gasteiger partial charge in [-0.1, -0.05) is 6.07 Å². The van der Waals surface area contributed by atoms with Gasteiger partial charge in [-0.3, -0.25) is 9.52 Å². The van der Waals surface area contributed by atoms with Gasteiger partial charge in [-0.15, -0.1) is 0 Å². The number of amides is 1. The zero-order chi connectivity index (χ0) is 17.2. The van der Waals surface area contributed by atoms with Gasteiger partial charge in [0.1, 0.15) is 0 Å². The molecule has 0 saturated carbocycles. The van der Waals surface area contributed by atoms with E-state index >= 15 is 0 Å². The zero-order valence-electron chi connectivity index (χ0n) is 13.9. The highest BCUT2D eigenvalue weighted by molar-refractivity contribution is 7.92. The number of sulfonamides is 1. The summed E-state index contributed by atoms with van der Waals surface area (Å²) in [7, 11) is -3.39. The number of nitrogens with two attached hydrogens (primary N) is 1. The first-order chi connectivity index (χ1) is 10.7. The Hall–Kier alpha value is -1.60. The van der Waals surface area contributed by atoms with Crippen molar-refractivity contribution in [2.75, 3.05) is 17.5 Å². The van der Waals surface area contributed by atoms with E-state index in [0.29, 0.717) is 17.8 Å². The minimum absolute atomic E-state index is 0.0314. The Morgan fingerprint density at radius 3 is 2.70 bits per heavy atom. The van der Waals surface area contributed by atoms with Crippen molar-refractivity contribution in [3.8, 4) is 0 Å². The van der Waals surface area contributed by atoms with E-state index in [1.165, 1.54) is 0 Å². The third kappa shape index (κ3) is 4.45. The van der Waals surface area contributed by atoms with Crippen molar-refractivity contribution >= 4 is 21.6 Å². The molecule has 1 amide bonds. The van der Waals surface area contributed by atoms with Crippen LogP contribution in [0, 0.1) is 6.92 Å². The summed E-state index contributed by atoms with van der Waals surface area (Å²) in [4.78, 5) is 14.7. The van der Waals surface area contributed by atoms with E-state index in [-0.39, 0.29) is 18.0 Å². The maximum atomic E-state index is 12.8. The molecule has 23 heavy (non-hydrogen) atoms. The van der Waals surface area contributed by atoms with E-state index < -0.39 is 10.0 Å². The van der Waals surface area contributed by atoms with Gasteiger partial charge in [0, 0.05) is 24.2 Å². The first-order valence-electron chi connectivity index (χ1n) is 7.84. The van der Waals surface area contributed by atoms with Crippen LogP contribution in [0.5, 0.6) is 0 Å². The standard InChI is InChI=1S/C16H25N3O3S/c1-11-7-8-13(10-14(11)18-23(3,21)22)16(20)19-9-5-4-6-15(19)12(2)17/h7-8,10,12,15,18H,4-6,9,17H2,1-3H3. The molecule has 0 radical (unpaired) electrons. The lowest BCUT2D eigenvalue weighted by Crippen LogP contribution is -2.51. The molecule has 1 saturated heterocycles. The van der Waals surface area contributed by atoms with Gasteiger partial charge >= 0.3 is 0 Å². The van der Waals surface area contributed by atoms with Gasteiger partial charge in [-0.25, -0.2) is 8.42 Å². The molecular formula is C16H25N3O3S. The van der Waals surface area contributed by atoms with Gasteiger partial charge in [0.15, 0.2) is 0 Å². The number of piperidine rings is 1. The maximum Gasteiger partial charge on any atom is 0.254 e. The van der Waals surface area contributed by atoms with Crippen LogP contribution >= 0.6 is 0 Å². The molecule has 0 bridgehead atoms. The second-order valence-corrected chi connectivity index (χ2v) is 8.07. The lowest BCUT2D eigenvalue weighted by molar-refractivity contribution is 0.0584. The van der Waals surface area contributed by atoms with E-state index in [1.807, 2.05) is 11.8 Å². The lowest BCUT2D eigenvalue weighted by Gasteiger charge is -2.38. The van der Waals surface area contributed by atoms with Crippen molar-refractivity contribution in [3.05, 3.63) is 29.3 Å². The molecule has 3 N–H and O–H groups in total. The second-order valence-electron chi connectivity index (χ2n) is 6.32. The van der Waals surface area contributed by atoms with Gasteiger partial charge in [0.2, 0.25) is 10.0 Å². The predicted octanol–water partition coefficient (Wildman–Crippen LogP) is 1.71. The zero-order valence-corrected chi connectivity index (χ0v) is 14.7. The third-order valence-electron chi connectivity index (χ3n) is 4.20. The average molecular weight is 339 g/mol. The summed E-state index contributed by atoms with van der Waals surface area (Å²) in [5, 5.41) is 0. The van der Waals surface area contributed by atoms with Crippen molar-refractivity contribution in [3.63, 3.8) is 0 Å². The summed E-state index contributed by atoms with van der Waals surface area (Å²) in [6, 6.07) is 5.04. The van der Waals surface area contributed by atoms with Crippen LogP contribution in [0.15, 0.2) is 18.2 Å². The van der Waals surface area contributed by atoms with Crippen molar-refractivity contribution in [2.24, 2.45) is 5.73 Å². The Bertz CT molecular complexity index is 686. The van der Waals surface area contributed by atoms with E-state index in [0.717, 1.165) is 31.1 Å². The van der Waals surface area contributed by atoms with E-state index in [9.17, 15) is 13.2 Å². The SMILES string of the molecule is Cc1ccc(C(=O)N2CCCCC2C(C)N)cc1NS(C)(=O)=O. The van der Waals surface area contributed by atoms with Gasteiger partial charge in [0.05, 0.1) is 11.9 Å². The van der Waals surface area contributed by atoms with Crippen LogP contribution in [-0.2, 0) is 10.0 Å². The Morgan fingerprint density at radius 2 is 2.09 bits per heavy atom. The van der Waals surface area contributed by atoms with Crippen LogP contribution in [-0.4, -0.2) is 44.1 Å².